The molecule has 1 amide bonds. The molecular formula is C29H26ClNO7. The Balaban J connectivity index is 1.66. The largest absolute Gasteiger partial charge is 0.507 e. The van der Waals surface area contributed by atoms with Gasteiger partial charge in [-0.2, -0.15) is 0 Å². The zero-order valence-electron chi connectivity index (χ0n) is 21.1. The summed E-state index contributed by atoms with van der Waals surface area (Å²) in [5, 5.41) is 11.8. The van der Waals surface area contributed by atoms with E-state index in [9.17, 15) is 14.7 Å². The second-order valence-corrected chi connectivity index (χ2v) is 9.43. The van der Waals surface area contributed by atoms with Crippen LogP contribution in [0.4, 0.5) is 5.69 Å². The molecule has 0 aromatic heterocycles. The van der Waals surface area contributed by atoms with E-state index in [1.807, 2.05) is 20.8 Å². The van der Waals surface area contributed by atoms with E-state index in [0.29, 0.717) is 51.4 Å². The lowest BCUT2D eigenvalue weighted by Crippen LogP contribution is -2.29. The van der Waals surface area contributed by atoms with E-state index >= 15 is 0 Å². The van der Waals surface area contributed by atoms with Crippen LogP contribution in [0.3, 0.4) is 0 Å². The Labute approximate surface area is 224 Å². The fourth-order valence-corrected chi connectivity index (χ4v) is 4.69. The van der Waals surface area contributed by atoms with E-state index in [-0.39, 0.29) is 24.2 Å². The predicted molar refractivity (Wildman–Crippen MR) is 142 cm³/mol. The molecule has 1 fully saturated rings. The first-order valence-electron chi connectivity index (χ1n) is 12.2. The molecule has 0 aliphatic carbocycles. The summed E-state index contributed by atoms with van der Waals surface area (Å²) >= 11 is 6.23. The van der Waals surface area contributed by atoms with Gasteiger partial charge in [-0.15, -0.1) is 0 Å². The molecule has 9 heteroatoms. The molecule has 1 atom stereocenters. The zero-order chi connectivity index (χ0) is 27.0. The highest BCUT2D eigenvalue weighted by atomic mass is 35.5. The number of anilines is 1. The third-order valence-electron chi connectivity index (χ3n) is 6.15. The Morgan fingerprint density at radius 2 is 1.79 bits per heavy atom. The number of Topliss-reactive ketones (excluding diaryl/α,β-unsaturated/α-hetero) is 1. The number of carbonyl (C=O) groups is 2. The van der Waals surface area contributed by atoms with Crippen molar-refractivity contribution < 1.29 is 33.6 Å². The van der Waals surface area contributed by atoms with Crippen molar-refractivity contribution in [3.8, 4) is 23.0 Å². The van der Waals surface area contributed by atoms with Crippen molar-refractivity contribution >= 4 is 34.7 Å². The van der Waals surface area contributed by atoms with Crippen LogP contribution in [0.1, 0.15) is 37.9 Å². The number of fused-ring (bicyclic) bond motifs is 1. The fraction of sp³-hybridized carbons (Fsp3) is 0.241. The monoisotopic (exact) mass is 535 g/mol. The van der Waals surface area contributed by atoms with Gasteiger partial charge in [0.25, 0.3) is 11.7 Å². The standard InChI is InChI=1S/C29H26ClNO7/c1-4-35-23-13-18(7-11-21(23)30)27(32)25-26(17-5-9-20(10-6-17)38-16(2)3)31(29(34)28(25)33)19-8-12-22-24(14-19)37-15-36-22/h5-14,16,26,32H,4,15H2,1-3H3/b27-25+. The van der Waals surface area contributed by atoms with Crippen LogP contribution in [0.25, 0.3) is 5.76 Å². The molecule has 0 spiro atoms. The maximum absolute atomic E-state index is 13.5. The van der Waals surface area contributed by atoms with Crippen LogP contribution >= 0.6 is 11.6 Å². The summed E-state index contributed by atoms with van der Waals surface area (Å²) in [7, 11) is 0. The highest BCUT2D eigenvalue weighted by Gasteiger charge is 2.47. The fourth-order valence-electron chi connectivity index (χ4n) is 4.52. The number of rotatable bonds is 7. The first-order chi connectivity index (χ1) is 18.3. The number of carbonyl (C=O) groups excluding carboxylic acids is 2. The summed E-state index contributed by atoms with van der Waals surface area (Å²) in [6, 6.07) is 15.9. The van der Waals surface area contributed by atoms with Gasteiger partial charge in [0.1, 0.15) is 17.3 Å². The van der Waals surface area contributed by atoms with Crippen molar-refractivity contribution in [2.75, 3.05) is 18.3 Å². The number of benzene rings is 3. The molecule has 1 saturated heterocycles. The first-order valence-corrected chi connectivity index (χ1v) is 12.6. The van der Waals surface area contributed by atoms with Gasteiger partial charge in [0.15, 0.2) is 11.5 Å². The summed E-state index contributed by atoms with van der Waals surface area (Å²) in [6.45, 7) is 6.09. The van der Waals surface area contributed by atoms with Crippen LogP contribution in [0.2, 0.25) is 5.02 Å². The Hall–Kier alpha value is -4.17. The average Bonchev–Trinajstić information content (AvgIpc) is 3.47. The molecular weight excluding hydrogens is 510 g/mol. The summed E-state index contributed by atoms with van der Waals surface area (Å²) in [4.78, 5) is 28.3. The number of aliphatic hydroxyl groups excluding tert-OH is 1. The smallest absolute Gasteiger partial charge is 0.300 e. The maximum Gasteiger partial charge on any atom is 0.300 e. The van der Waals surface area contributed by atoms with E-state index in [1.165, 1.54) is 4.90 Å². The Kier molecular flexibility index (Phi) is 6.91. The van der Waals surface area contributed by atoms with Gasteiger partial charge in [-0.25, -0.2) is 0 Å². The lowest BCUT2D eigenvalue weighted by molar-refractivity contribution is -0.132. The van der Waals surface area contributed by atoms with E-state index in [4.69, 9.17) is 30.5 Å². The number of amides is 1. The highest BCUT2D eigenvalue weighted by Crippen LogP contribution is 2.45. The number of nitrogens with zero attached hydrogens (tertiary/aromatic N) is 1. The minimum atomic E-state index is -0.922. The van der Waals surface area contributed by atoms with Crippen LogP contribution < -0.4 is 23.8 Å². The van der Waals surface area contributed by atoms with E-state index in [0.717, 1.165) is 0 Å². The molecule has 1 N–H and O–H groups in total. The summed E-state index contributed by atoms with van der Waals surface area (Å²) in [6.07, 6.45) is -0.0236. The predicted octanol–water partition coefficient (Wildman–Crippen LogP) is 5.88. The minimum absolute atomic E-state index is 0.0236. The number of hydrogen-bond donors (Lipinski definition) is 1. The van der Waals surface area contributed by atoms with Crippen molar-refractivity contribution in [3.63, 3.8) is 0 Å². The number of ether oxygens (including phenoxy) is 4. The number of aliphatic hydroxyl groups is 1. The van der Waals surface area contributed by atoms with Crippen LogP contribution in [0.5, 0.6) is 23.0 Å². The molecule has 3 aromatic carbocycles. The molecule has 3 aromatic rings. The highest BCUT2D eigenvalue weighted by molar-refractivity contribution is 6.51. The number of ketones is 1. The first kappa shape index (κ1) is 25.5. The van der Waals surface area contributed by atoms with Gasteiger partial charge in [0.2, 0.25) is 6.79 Å². The lowest BCUT2D eigenvalue weighted by Gasteiger charge is -2.26. The summed E-state index contributed by atoms with van der Waals surface area (Å²) in [5.41, 5.74) is 1.27. The van der Waals surface area contributed by atoms with Gasteiger partial charge in [-0.1, -0.05) is 23.7 Å². The number of halogens is 1. The van der Waals surface area contributed by atoms with Gasteiger partial charge in [-0.05, 0) is 68.8 Å². The van der Waals surface area contributed by atoms with Gasteiger partial charge in [-0.3, -0.25) is 14.5 Å². The Bertz CT molecular complexity index is 1430. The van der Waals surface area contributed by atoms with Gasteiger partial charge < -0.3 is 24.1 Å². The van der Waals surface area contributed by atoms with Crippen molar-refractivity contribution in [2.45, 2.75) is 32.9 Å². The van der Waals surface area contributed by atoms with Gasteiger partial charge in [0.05, 0.1) is 29.3 Å². The second kappa shape index (κ2) is 10.3. The molecule has 2 aliphatic rings. The summed E-state index contributed by atoms with van der Waals surface area (Å²) < 4.78 is 22.2. The van der Waals surface area contributed by atoms with Gasteiger partial charge in [0, 0.05) is 17.3 Å². The average molecular weight is 536 g/mol. The topological polar surface area (TPSA) is 94.5 Å². The molecule has 38 heavy (non-hydrogen) atoms. The van der Waals surface area contributed by atoms with Gasteiger partial charge >= 0.3 is 0 Å². The zero-order valence-corrected chi connectivity index (χ0v) is 21.8. The molecule has 0 saturated carbocycles. The molecule has 196 valence electrons. The van der Waals surface area contributed by atoms with Crippen LogP contribution in [-0.2, 0) is 9.59 Å². The van der Waals surface area contributed by atoms with Crippen molar-refractivity contribution in [1.82, 2.24) is 0 Å². The van der Waals surface area contributed by atoms with Crippen LogP contribution in [-0.4, -0.2) is 36.3 Å². The summed E-state index contributed by atoms with van der Waals surface area (Å²) in [5.74, 6) is 0.0663. The second-order valence-electron chi connectivity index (χ2n) is 9.02. The SMILES string of the molecule is CCOc1cc(/C(O)=C2\C(=O)C(=O)N(c3ccc4c(c3)OCO4)C2c2ccc(OC(C)C)cc2)ccc1Cl. The minimum Gasteiger partial charge on any atom is -0.507 e. The van der Waals surface area contributed by atoms with E-state index in [2.05, 4.69) is 0 Å². The normalized spacial score (nSPS) is 17.8. The molecule has 2 heterocycles. The van der Waals surface area contributed by atoms with E-state index in [1.54, 1.807) is 60.7 Å². The molecule has 0 radical (unpaired) electrons. The molecule has 8 nitrogen and oxygen atoms in total. The van der Waals surface area contributed by atoms with Crippen LogP contribution in [0, 0.1) is 0 Å². The van der Waals surface area contributed by atoms with Crippen molar-refractivity contribution in [2.24, 2.45) is 0 Å². The molecule has 1 unspecified atom stereocenters. The third kappa shape index (κ3) is 4.63. The Morgan fingerprint density at radius 3 is 2.50 bits per heavy atom. The quantitative estimate of drug-likeness (QED) is 0.229. The Morgan fingerprint density at radius 1 is 1.05 bits per heavy atom. The lowest BCUT2D eigenvalue weighted by atomic mass is 9.95. The molecule has 0 bridgehead atoms. The van der Waals surface area contributed by atoms with E-state index < -0.39 is 17.7 Å². The maximum atomic E-state index is 13.5. The molecule has 2 aliphatic heterocycles. The van der Waals surface area contributed by atoms with Crippen molar-refractivity contribution in [1.29, 1.82) is 0 Å². The van der Waals surface area contributed by atoms with Crippen LogP contribution in [0.15, 0.2) is 66.2 Å². The number of hydrogen-bond acceptors (Lipinski definition) is 7. The van der Waals surface area contributed by atoms with Crippen molar-refractivity contribution in [3.05, 3.63) is 82.4 Å². The third-order valence-corrected chi connectivity index (χ3v) is 6.46. The molecule has 5 rings (SSSR count).